The van der Waals surface area contributed by atoms with Gasteiger partial charge in [-0.25, -0.2) is 9.59 Å². The van der Waals surface area contributed by atoms with E-state index in [-0.39, 0.29) is 12.3 Å². The number of urea groups is 1. The fourth-order valence-electron chi connectivity index (χ4n) is 1.17. The van der Waals surface area contributed by atoms with Gasteiger partial charge in [0.25, 0.3) is 0 Å². The number of amides is 2. The van der Waals surface area contributed by atoms with Crippen LogP contribution in [0.15, 0.2) is 12.3 Å². The van der Waals surface area contributed by atoms with Gasteiger partial charge in [0.05, 0.1) is 12.3 Å². The standard InChI is InChI=1S/C10H14ClN3O3/c1-2-17-9(15)8-7(3-5-12-8)14-10(16)13-6-4-11/h3,5,12H,2,4,6H2,1H3,(H2,13,14,16). The Morgan fingerprint density at radius 1 is 1.53 bits per heavy atom. The molecule has 0 aliphatic carbocycles. The van der Waals surface area contributed by atoms with E-state index >= 15 is 0 Å². The minimum absolute atomic E-state index is 0.216. The summed E-state index contributed by atoms with van der Waals surface area (Å²) in [5.74, 6) is -0.184. The summed E-state index contributed by atoms with van der Waals surface area (Å²) in [6.07, 6.45) is 1.55. The first-order chi connectivity index (χ1) is 8.19. The monoisotopic (exact) mass is 259 g/mol. The quantitative estimate of drug-likeness (QED) is 0.554. The van der Waals surface area contributed by atoms with Gasteiger partial charge in [0.15, 0.2) is 0 Å². The molecule has 0 saturated carbocycles. The summed E-state index contributed by atoms with van der Waals surface area (Å²) in [5, 5.41) is 5.04. The Kier molecular flexibility index (Phi) is 5.35. The third-order valence-electron chi connectivity index (χ3n) is 1.85. The highest BCUT2D eigenvalue weighted by atomic mass is 35.5. The van der Waals surface area contributed by atoms with Crippen molar-refractivity contribution >= 4 is 29.3 Å². The summed E-state index contributed by atoms with van der Waals surface area (Å²) in [6.45, 7) is 2.34. The van der Waals surface area contributed by atoms with Crippen LogP contribution in [0.4, 0.5) is 10.5 Å². The lowest BCUT2D eigenvalue weighted by Gasteiger charge is -2.06. The second kappa shape index (κ2) is 6.80. The molecule has 1 rings (SSSR count). The number of H-pyrrole nitrogens is 1. The molecule has 3 N–H and O–H groups in total. The first-order valence-electron chi connectivity index (χ1n) is 5.14. The average molecular weight is 260 g/mol. The van der Waals surface area contributed by atoms with Gasteiger partial charge in [-0.15, -0.1) is 11.6 Å². The Morgan fingerprint density at radius 3 is 2.94 bits per heavy atom. The van der Waals surface area contributed by atoms with Crippen LogP contribution >= 0.6 is 11.6 Å². The van der Waals surface area contributed by atoms with Crippen molar-refractivity contribution in [3.8, 4) is 0 Å². The van der Waals surface area contributed by atoms with E-state index in [0.717, 1.165) is 0 Å². The number of hydrogen-bond acceptors (Lipinski definition) is 3. The predicted octanol–water partition coefficient (Wildman–Crippen LogP) is 1.55. The fourth-order valence-corrected chi connectivity index (χ4v) is 1.27. The lowest BCUT2D eigenvalue weighted by atomic mass is 10.3. The van der Waals surface area contributed by atoms with Crippen molar-refractivity contribution in [3.63, 3.8) is 0 Å². The molecule has 0 aromatic carbocycles. The Labute approximate surface area is 104 Å². The van der Waals surface area contributed by atoms with Gasteiger partial charge in [-0.3, -0.25) is 0 Å². The van der Waals surface area contributed by atoms with Crippen molar-refractivity contribution in [2.24, 2.45) is 0 Å². The second-order valence-electron chi connectivity index (χ2n) is 3.06. The van der Waals surface area contributed by atoms with Gasteiger partial charge in [-0.1, -0.05) is 0 Å². The van der Waals surface area contributed by atoms with E-state index in [9.17, 15) is 9.59 Å². The molecule has 1 heterocycles. The normalized spacial score (nSPS) is 9.76. The van der Waals surface area contributed by atoms with Crippen LogP contribution in [0, 0.1) is 0 Å². The van der Waals surface area contributed by atoms with Gasteiger partial charge in [-0.05, 0) is 13.0 Å². The molecular formula is C10H14ClN3O3. The molecule has 0 bridgehead atoms. The van der Waals surface area contributed by atoms with E-state index in [1.807, 2.05) is 0 Å². The number of aromatic amines is 1. The van der Waals surface area contributed by atoms with Crippen molar-refractivity contribution in [1.29, 1.82) is 0 Å². The number of anilines is 1. The maximum Gasteiger partial charge on any atom is 0.356 e. The van der Waals surface area contributed by atoms with E-state index in [2.05, 4.69) is 15.6 Å². The van der Waals surface area contributed by atoms with Gasteiger partial charge in [0.2, 0.25) is 0 Å². The summed E-state index contributed by atoms with van der Waals surface area (Å²) in [7, 11) is 0. The number of esters is 1. The van der Waals surface area contributed by atoms with Crippen LogP contribution in [0.5, 0.6) is 0 Å². The van der Waals surface area contributed by atoms with E-state index < -0.39 is 12.0 Å². The second-order valence-corrected chi connectivity index (χ2v) is 3.43. The third-order valence-corrected chi connectivity index (χ3v) is 2.04. The summed E-state index contributed by atoms with van der Waals surface area (Å²) in [6, 6.07) is 1.16. The topological polar surface area (TPSA) is 83.2 Å². The predicted molar refractivity (Wildman–Crippen MR) is 64.5 cm³/mol. The molecular weight excluding hydrogens is 246 g/mol. The van der Waals surface area contributed by atoms with E-state index in [1.54, 1.807) is 19.2 Å². The summed E-state index contributed by atoms with van der Waals surface area (Å²) < 4.78 is 4.83. The first-order valence-corrected chi connectivity index (χ1v) is 5.67. The molecule has 0 atom stereocenters. The lowest BCUT2D eigenvalue weighted by Crippen LogP contribution is -2.30. The van der Waals surface area contributed by atoms with Crippen LogP contribution in [0.1, 0.15) is 17.4 Å². The van der Waals surface area contributed by atoms with Crippen LogP contribution in [-0.4, -0.2) is 36.0 Å². The number of aromatic nitrogens is 1. The molecule has 0 fully saturated rings. The highest BCUT2D eigenvalue weighted by molar-refractivity contribution is 6.18. The fraction of sp³-hybridized carbons (Fsp3) is 0.400. The van der Waals surface area contributed by atoms with Crippen LogP contribution in [-0.2, 0) is 4.74 Å². The molecule has 6 nitrogen and oxygen atoms in total. The molecule has 0 spiro atoms. The summed E-state index contributed by atoms with van der Waals surface area (Å²) in [5.41, 5.74) is 0.586. The lowest BCUT2D eigenvalue weighted by molar-refractivity contribution is 0.0521. The van der Waals surface area contributed by atoms with Crippen molar-refractivity contribution in [2.45, 2.75) is 6.92 Å². The third kappa shape index (κ3) is 3.99. The van der Waals surface area contributed by atoms with E-state index in [4.69, 9.17) is 16.3 Å². The number of alkyl halides is 1. The Morgan fingerprint density at radius 2 is 2.29 bits per heavy atom. The van der Waals surface area contributed by atoms with Crippen LogP contribution in [0.2, 0.25) is 0 Å². The number of carbonyl (C=O) groups excluding carboxylic acids is 2. The number of halogens is 1. The van der Waals surface area contributed by atoms with E-state index in [0.29, 0.717) is 18.1 Å². The highest BCUT2D eigenvalue weighted by Gasteiger charge is 2.15. The Hall–Kier alpha value is -1.69. The van der Waals surface area contributed by atoms with Crippen LogP contribution in [0.25, 0.3) is 0 Å². The smallest absolute Gasteiger partial charge is 0.356 e. The molecule has 2 amide bonds. The molecule has 1 aromatic heterocycles. The summed E-state index contributed by atoms with van der Waals surface area (Å²) >= 11 is 5.43. The highest BCUT2D eigenvalue weighted by Crippen LogP contribution is 2.14. The maximum atomic E-state index is 11.5. The zero-order valence-electron chi connectivity index (χ0n) is 9.38. The van der Waals surface area contributed by atoms with Crippen molar-refractivity contribution in [3.05, 3.63) is 18.0 Å². The molecule has 1 aromatic rings. The number of hydrogen-bond donors (Lipinski definition) is 3. The number of ether oxygens (including phenoxy) is 1. The van der Waals surface area contributed by atoms with Gasteiger partial charge in [0.1, 0.15) is 5.69 Å². The van der Waals surface area contributed by atoms with E-state index in [1.165, 1.54) is 0 Å². The van der Waals surface area contributed by atoms with Crippen molar-refractivity contribution < 1.29 is 14.3 Å². The van der Waals surface area contributed by atoms with Crippen molar-refractivity contribution in [2.75, 3.05) is 24.3 Å². The van der Waals surface area contributed by atoms with Gasteiger partial charge in [0, 0.05) is 18.6 Å². The van der Waals surface area contributed by atoms with Gasteiger partial charge >= 0.3 is 12.0 Å². The zero-order valence-corrected chi connectivity index (χ0v) is 10.1. The summed E-state index contributed by atoms with van der Waals surface area (Å²) in [4.78, 5) is 25.5. The Bertz CT molecular complexity index is 392. The molecule has 0 radical (unpaired) electrons. The molecule has 7 heteroatoms. The number of carbonyl (C=O) groups is 2. The molecule has 94 valence electrons. The first kappa shape index (κ1) is 13.4. The van der Waals surface area contributed by atoms with Crippen LogP contribution in [0.3, 0.4) is 0 Å². The molecule has 0 aliphatic rings. The number of rotatable bonds is 5. The van der Waals surface area contributed by atoms with Gasteiger partial charge in [-0.2, -0.15) is 0 Å². The average Bonchev–Trinajstić information content (AvgIpc) is 2.75. The minimum Gasteiger partial charge on any atom is -0.461 e. The molecule has 0 unspecified atom stereocenters. The largest absolute Gasteiger partial charge is 0.461 e. The SMILES string of the molecule is CCOC(=O)c1[nH]ccc1NC(=O)NCCCl. The molecule has 17 heavy (non-hydrogen) atoms. The molecule has 0 saturated heterocycles. The molecule has 0 aliphatic heterocycles. The minimum atomic E-state index is -0.509. The maximum absolute atomic E-state index is 11.5. The van der Waals surface area contributed by atoms with Gasteiger partial charge < -0.3 is 20.4 Å². The van der Waals surface area contributed by atoms with Crippen LogP contribution < -0.4 is 10.6 Å². The zero-order chi connectivity index (χ0) is 12.7. The Balaban J connectivity index is 2.62. The number of nitrogens with one attached hydrogen (secondary N) is 3. The van der Waals surface area contributed by atoms with Crippen molar-refractivity contribution in [1.82, 2.24) is 10.3 Å².